The molecule has 5 nitrogen and oxygen atoms in total. The maximum atomic E-state index is 14.1. The number of alkyl halides is 1. The Balaban J connectivity index is 2.22. The lowest BCUT2D eigenvalue weighted by Crippen LogP contribution is -2.49. The predicted molar refractivity (Wildman–Crippen MR) is 85.3 cm³/mol. The van der Waals surface area contributed by atoms with E-state index < -0.39 is 26.9 Å². The van der Waals surface area contributed by atoms with Crippen LogP contribution < -0.4 is 0 Å². The zero-order chi connectivity index (χ0) is 17.3. The number of sulfonamides is 1. The minimum Gasteiger partial charge on any atom is -0.479 e. The van der Waals surface area contributed by atoms with Crippen molar-refractivity contribution in [2.45, 2.75) is 30.7 Å². The second-order valence-corrected chi connectivity index (χ2v) is 7.84. The number of hydrogen-bond acceptors (Lipinski definition) is 3. The van der Waals surface area contributed by atoms with Gasteiger partial charge >= 0.3 is 5.97 Å². The molecule has 0 saturated carbocycles. The molecule has 1 fully saturated rings. The van der Waals surface area contributed by atoms with Crippen LogP contribution in [-0.2, 0) is 14.8 Å². The van der Waals surface area contributed by atoms with Gasteiger partial charge in [0.1, 0.15) is 5.25 Å². The maximum Gasteiger partial charge on any atom is 0.341 e. The summed E-state index contributed by atoms with van der Waals surface area (Å²) in [5.41, 5.74) is -0.754. The van der Waals surface area contributed by atoms with Crippen molar-refractivity contribution >= 4 is 16.0 Å². The summed E-state index contributed by atoms with van der Waals surface area (Å²) in [5.74, 6) is -1.53. The number of carbonyl (C=O) groups is 1. The van der Waals surface area contributed by atoms with Gasteiger partial charge in [0.2, 0.25) is 15.7 Å². The fourth-order valence-corrected chi connectivity index (χ4v) is 4.41. The van der Waals surface area contributed by atoms with E-state index in [9.17, 15) is 17.6 Å². The van der Waals surface area contributed by atoms with E-state index in [4.69, 9.17) is 5.11 Å². The topological polar surface area (TPSA) is 74.7 Å². The van der Waals surface area contributed by atoms with Gasteiger partial charge in [-0.2, -0.15) is 0 Å². The quantitative estimate of drug-likeness (QED) is 0.835. The third-order valence-corrected chi connectivity index (χ3v) is 6.39. The Hall–Kier alpha value is -1.73. The summed E-state index contributed by atoms with van der Waals surface area (Å²) in [7, 11) is -3.76. The second-order valence-electron chi connectivity index (χ2n) is 5.78. The number of rotatable bonds is 5. The largest absolute Gasteiger partial charge is 0.479 e. The Morgan fingerprint density at radius 3 is 2.30 bits per heavy atom. The molecule has 1 atom stereocenters. The normalized spacial score (nSPS) is 19.9. The van der Waals surface area contributed by atoms with Crippen LogP contribution in [0.3, 0.4) is 0 Å². The molecule has 0 amide bonds. The Labute approximate surface area is 135 Å². The number of benzene rings is 1. The van der Waals surface area contributed by atoms with Crippen LogP contribution in [0.25, 0.3) is 0 Å². The van der Waals surface area contributed by atoms with Crippen LogP contribution in [0.4, 0.5) is 4.39 Å². The molecule has 1 saturated heterocycles. The van der Waals surface area contributed by atoms with Gasteiger partial charge in [0, 0.05) is 25.9 Å². The van der Waals surface area contributed by atoms with Crippen LogP contribution in [0.1, 0.15) is 29.2 Å². The molecule has 2 rings (SSSR count). The zero-order valence-electron chi connectivity index (χ0n) is 12.9. The van der Waals surface area contributed by atoms with E-state index in [0.717, 1.165) is 9.87 Å². The number of aryl methyl sites for hydroxylation is 1. The Bertz CT molecular complexity index is 691. The zero-order valence-corrected chi connectivity index (χ0v) is 13.7. The summed E-state index contributed by atoms with van der Waals surface area (Å²) >= 11 is 0. The molecule has 23 heavy (non-hydrogen) atoms. The van der Waals surface area contributed by atoms with Gasteiger partial charge in [0.25, 0.3) is 0 Å². The second kappa shape index (κ2) is 6.41. The fraction of sp³-hybridized carbons (Fsp3) is 0.438. The molecule has 126 valence electrons. The van der Waals surface area contributed by atoms with Crippen LogP contribution in [0.15, 0.2) is 36.9 Å². The van der Waals surface area contributed by atoms with Gasteiger partial charge in [0.15, 0.2) is 0 Å². The molecule has 1 aromatic carbocycles. The molecule has 7 heteroatoms. The number of carboxylic acids is 1. The van der Waals surface area contributed by atoms with Crippen molar-refractivity contribution in [3.8, 4) is 0 Å². The Morgan fingerprint density at radius 2 is 1.87 bits per heavy atom. The molecule has 0 bridgehead atoms. The van der Waals surface area contributed by atoms with Gasteiger partial charge in [-0.25, -0.2) is 21.9 Å². The standard InChI is InChI=1S/C16H20FNO4S/c1-3-14(13-6-4-12(2)5-7-13)23(21,22)18-10-8-16(17,9-11-18)15(19)20/h3-7,14H,1,8-11H2,2H3,(H,19,20). The highest BCUT2D eigenvalue weighted by atomic mass is 32.2. The summed E-state index contributed by atoms with van der Waals surface area (Å²) in [6.07, 6.45) is 0.646. The highest BCUT2D eigenvalue weighted by Gasteiger charge is 2.45. The lowest BCUT2D eigenvalue weighted by molar-refractivity contribution is -0.153. The SMILES string of the molecule is C=CC(c1ccc(C)cc1)S(=O)(=O)N1CCC(F)(C(=O)O)CC1. The van der Waals surface area contributed by atoms with Crippen LogP contribution >= 0.6 is 0 Å². The van der Waals surface area contributed by atoms with Crippen molar-refractivity contribution in [2.24, 2.45) is 0 Å². The number of nitrogens with zero attached hydrogens (tertiary/aromatic N) is 1. The fourth-order valence-electron chi connectivity index (χ4n) is 2.66. The number of halogens is 1. The predicted octanol–water partition coefficient (Wildman–Crippen LogP) is 2.44. The van der Waals surface area contributed by atoms with Gasteiger partial charge in [-0.3, -0.25) is 0 Å². The smallest absolute Gasteiger partial charge is 0.341 e. The third kappa shape index (κ3) is 3.45. The average Bonchev–Trinajstić information content (AvgIpc) is 2.50. The molecule has 1 aliphatic heterocycles. The first-order chi connectivity index (χ1) is 10.7. The van der Waals surface area contributed by atoms with Crippen molar-refractivity contribution in [1.29, 1.82) is 0 Å². The minimum atomic E-state index is -3.76. The van der Waals surface area contributed by atoms with E-state index in [-0.39, 0.29) is 25.9 Å². The first kappa shape index (κ1) is 17.6. The Kier molecular flexibility index (Phi) is 4.91. The molecule has 0 radical (unpaired) electrons. The Morgan fingerprint density at radius 1 is 1.35 bits per heavy atom. The minimum absolute atomic E-state index is 0.151. The van der Waals surface area contributed by atoms with Crippen LogP contribution in [0.2, 0.25) is 0 Å². The van der Waals surface area contributed by atoms with Crippen LogP contribution in [-0.4, -0.2) is 42.6 Å². The van der Waals surface area contributed by atoms with Crippen molar-refractivity contribution < 1.29 is 22.7 Å². The van der Waals surface area contributed by atoms with E-state index in [1.165, 1.54) is 6.08 Å². The first-order valence-corrected chi connectivity index (χ1v) is 8.81. The lowest BCUT2D eigenvalue weighted by atomic mass is 9.95. The first-order valence-electron chi connectivity index (χ1n) is 7.31. The summed E-state index contributed by atoms with van der Waals surface area (Å²) in [4.78, 5) is 10.9. The van der Waals surface area contributed by atoms with Gasteiger partial charge in [-0.15, -0.1) is 6.58 Å². The molecule has 1 aliphatic rings. The molecular weight excluding hydrogens is 321 g/mol. The molecular formula is C16H20FNO4S. The summed E-state index contributed by atoms with van der Waals surface area (Å²) in [5, 5.41) is 7.96. The van der Waals surface area contributed by atoms with E-state index in [1.54, 1.807) is 12.1 Å². The summed E-state index contributed by atoms with van der Waals surface area (Å²) in [6, 6.07) is 7.07. The monoisotopic (exact) mass is 341 g/mol. The van der Waals surface area contributed by atoms with Gasteiger partial charge in [-0.1, -0.05) is 35.9 Å². The molecule has 1 heterocycles. The number of aliphatic carboxylic acids is 1. The van der Waals surface area contributed by atoms with Crippen LogP contribution in [0, 0.1) is 6.92 Å². The lowest BCUT2D eigenvalue weighted by Gasteiger charge is -2.34. The molecule has 1 unspecified atom stereocenters. The van der Waals surface area contributed by atoms with E-state index >= 15 is 0 Å². The molecule has 1 aromatic rings. The maximum absolute atomic E-state index is 14.1. The summed E-state index contributed by atoms with van der Waals surface area (Å²) < 4.78 is 40.8. The van der Waals surface area contributed by atoms with Gasteiger partial charge in [0.05, 0.1) is 0 Å². The number of piperidine rings is 1. The van der Waals surface area contributed by atoms with E-state index in [2.05, 4.69) is 6.58 Å². The molecule has 0 spiro atoms. The van der Waals surface area contributed by atoms with Crippen molar-refractivity contribution in [1.82, 2.24) is 4.31 Å². The molecule has 1 N–H and O–H groups in total. The van der Waals surface area contributed by atoms with Gasteiger partial charge < -0.3 is 5.11 Å². The third-order valence-electron chi connectivity index (χ3n) is 4.20. The number of hydrogen-bond donors (Lipinski definition) is 1. The molecule has 0 aromatic heterocycles. The van der Waals surface area contributed by atoms with E-state index in [0.29, 0.717) is 5.56 Å². The van der Waals surface area contributed by atoms with Crippen molar-refractivity contribution in [2.75, 3.05) is 13.1 Å². The highest BCUT2D eigenvalue weighted by Crippen LogP contribution is 2.33. The average molecular weight is 341 g/mol. The van der Waals surface area contributed by atoms with Gasteiger partial charge in [-0.05, 0) is 12.5 Å². The van der Waals surface area contributed by atoms with Crippen LogP contribution in [0.5, 0.6) is 0 Å². The van der Waals surface area contributed by atoms with Crippen molar-refractivity contribution in [3.05, 3.63) is 48.0 Å². The van der Waals surface area contributed by atoms with Crippen molar-refractivity contribution in [3.63, 3.8) is 0 Å². The molecule has 0 aliphatic carbocycles. The highest BCUT2D eigenvalue weighted by molar-refractivity contribution is 7.89. The number of carboxylic acid groups (broad SMARTS) is 1. The summed E-state index contributed by atoms with van der Waals surface area (Å²) in [6.45, 7) is 5.20. The van der Waals surface area contributed by atoms with E-state index in [1.807, 2.05) is 19.1 Å².